The Hall–Kier alpha value is -6.02. The number of aromatic nitrogens is 7. The average molecular weight is 936 g/mol. The number of ether oxygens (including phenoxy) is 5. The van der Waals surface area contributed by atoms with E-state index in [0.717, 1.165) is 5.69 Å². The fourth-order valence-electron chi connectivity index (χ4n) is 6.87. The van der Waals surface area contributed by atoms with E-state index < -0.39 is 23.6 Å². The Morgan fingerprint density at radius 2 is 1.56 bits per heavy atom. The van der Waals surface area contributed by atoms with E-state index >= 15 is 4.39 Å². The number of rotatable bonds is 26. The van der Waals surface area contributed by atoms with Gasteiger partial charge in [0, 0.05) is 68.4 Å². The summed E-state index contributed by atoms with van der Waals surface area (Å²) in [5.74, 6) is -1.69. The molecule has 19 nitrogen and oxygen atoms in total. The molecule has 0 aliphatic carbocycles. The van der Waals surface area contributed by atoms with Crippen molar-refractivity contribution >= 4 is 46.1 Å². The SMILES string of the molecule is Cc1nc2cc(F)c(-c3cnc(N4CCN(C(=O)COCCOCCOCCOCCOCCn5cc(CCCC(=O)O)nn5)CC4)nc3)nc2c(N[C@H](C)c2cc(C#N)ccc2F)c1Cl. The van der Waals surface area contributed by atoms with Gasteiger partial charge in [-0.05, 0) is 44.9 Å². The van der Waals surface area contributed by atoms with Crippen LogP contribution in [0.2, 0.25) is 5.02 Å². The van der Waals surface area contributed by atoms with Crippen LogP contribution in [0.4, 0.5) is 20.4 Å². The summed E-state index contributed by atoms with van der Waals surface area (Å²) in [6, 6.07) is 6.72. The van der Waals surface area contributed by atoms with Crippen molar-refractivity contribution in [1.29, 1.82) is 5.26 Å². The molecular weight excluding hydrogens is 884 g/mol. The second-order valence-corrected chi connectivity index (χ2v) is 15.5. The topological polar surface area (TPSA) is 225 Å². The summed E-state index contributed by atoms with van der Waals surface area (Å²) in [7, 11) is 0. The number of halogens is 3. The molecule has 5 heterocycles. The molecule has 5 aromatic rings. The zero-order chi connectivity index (χ0) is 46.8. The van der Waals surface area contributed by atoms with Crippen molar-refractivity contribution in [3.63, 3.8) is 0 Å². The van der Waals surface area contributed by atoms with Gasteiger partial charge in [0.1, 0.15) is 23.6 Å². The molecule has 66 heavy (non-hydrogen) atoms. The number of nitrogens with one attached hydrogen (secondary N) is 1. The lowest BCUT2D eigenvalue weighted by Crippen LogP contribution is -2.50. The number of carboxylic acids is 1. The van der Waals surface area contributed by atoms with Crippen LogP contribution in [0.5, 0.6) is 0 Å². The lowest BCUT2D eigenvalue weighted by molar-refractivity contribution is -0.137. The fraction of sp³-hybridized carbons (Fsp3) is 0.477. The number of carboxylic acid groups (broad SMARTS) is 1. The van der Waals surface area contributed by atoms with Gasteiger partial charge in [-0.2, -0.15) is 5.26 Å². The maximum Gasteiger partial charge on any atom is 0.303 e. The zero-order valence-electron chi connectivity index (χ0n) is 36.8. The minimum Gasteiger partial charge on any atom is -0.481 e. The minimum atomic E-state index is -0.823. The Balaban J connectivity index is 0.834. The number of piperazine rings is 1. The fourth-order valence-corrected chi connectivity index (χ4v) is 7.06. The van der Waals surface area contributed by atoms with Crippen molar-refractivity contribution in [2.24, 2.45) is 0 Å². The molecule has 6 rings (SSSR count). The van der Waals surface area contributed by atoms with E-state index in [4.69, 9.17) is 40.4 Å². The van der Waals surface area contributed by atoms with Crippen LogP contribution in [-0.4, -0.2) is 149 Å². The van der Waals surface area contributed by atoms with Gasteiger partial charge in [-0.25, -0.2) is 33.4 Å². The highest BCUT2D eigenvalue weighted by molar-refractivity contribution is 6.35. The number of nitrogens with zero attached hydrogens (tertiary/aromatic N) is 10. The minimum absolute atomic E-state index is 0.0269. The van der Waals surface area contributed by atoms with Crippen molar-refractivity contribution < 1.29 is 47.2 Å². The number of amides is 1. The van der Waals surface area contributed by atoms with Crippen molar-refractivity contribution in [1.82, 2.24) is 39.8 Å². The summed E-state index contributed by atoms with van der Waals surface area (Å²) >= 11 is 6.69. The monoisotopic (exact) mass is 935 g/mol. The smallest absolute Gasteiger partial charge is 0.303 e. The highest BCUT2D eigenvalue weighted by Gasteiger charge is 2.24. The van der Waals surface area contributed by atoms with E-state index in [1.54, 1.807) is 29.6 Å². The Labute approximate surface area is 384 Å². The summed E-state index contributed by atoms with van der Waals surface area (Å²) in [5.41, 5.74) is 2.85. The van der Waals surface area contributed by atoms with Crippen LogP contribution in [0.1, 0.15) is 48.3 Å². The first-order valence-corrected chi connectivity index (χ1v) is 21.9. The maximum absolute atomic E-state index is 15.6. The van der Waals surface area contributed by atoms with Crippen molar-refractivity contribution in [3.8, 4) is 17.3 Å². The number of fused-ring (bicyclic) bond motifs is 1. The zero-order valence-corrected chi connectivity index (χ0v) is 37.5. The van der Waals surface area contributed by atoms with Gasteiger partial charge < -0.3 is 43.9 Å². The molecule has 2 N–H and O–H groups in total. The lowest BCUT2D eigenvalue weighted by atomic mass is 10.0. The predicted molar refractivity (Wildman–Crippen MR) is 237 cm³/mol. The molecule has 0 spiro atoms. The van der Waals surface area contributed by atoms with Crippen LogP contribution < -0.4 is 10.2 Å². The van der Waals surface area contributed by atoms with Gasteiger partial charge in [0.15, 0.2) is 5.82 Å². The molecule has 0 saturated carbocycles. The Morgan fingerprint density at radius 3 is 2.21 bits per heavy atom. The Morgan fingerprint density at radius 1 is 0.909 bits per heavy atom. The van der Waals surface area contributed by atoms with E-state index in [1.807, 2.05) is 11.0 Å². The normalized spacial score (nSPS) is 13.3. The summed E-state index contributed by atoms with van der Waals surface area (Å²) in [4.78, 5) is 45.1. The van der Waals surface area contributed by atoms with Gasteiger partial charge in [0.05, 0.1) is 111 Å². The first-order chi connectivity index (χ1) is 32.0. The summed E-state index contributed by atoms with van der Waals surface area (Å²) in [6.45, 7) is 9.15. The third kappa shape index (κ3) is 14.2. The molecule has 0 radical (unpaired) electrons. The van der Waals surface area contributed by atoms with Crippen LogP contribution in [0.15, 0.2) is 42.9 Å². The number of benzene rings is 1. The molecule has 352 valence electrons. The van der Waals surface area contributed by atoms with E-state index in [1.165, 1.54) is 36.7 Å². The number of aryl methyl sites for hydroxylation is 2. The second-order valence-electron chi connectivity index (χ2n) is 15.1. The standard InChI is InChI=1S/C44H52ClF2N11O8/c1-29(34-22-31(24-48)6-7-35(34)46)52-43-40(45)30(2)51-37-23-36(47)41(53-42(37)43)32-25-49-44(50-26-32)57-10-8-56(9-11-57)38(59)28-66-21-20-65-19-18-64-17-16-63-15-14-62-13-12-58-27-33(54-55-58)4-3-5-39(60)61/h6-7,22-23,25-27,29H,3-5,8-21,28H2,1-2H3,(H,51,52)(H,60,61)/t29-/m1/s1. The average Bonchev–Trinajstić information content (AvgIpc) is 3.77. The molecule has 1 atom stereocenters. The number of carbonyl (C=O) groups is 2. The van der Waals surface area contributed by atoms with E-state index in [-0.39, 0.29) is 52.9 Å². The molecule has 1 fully saturated rings. The molecule has 1 amide bonds. The summed E-state index contributed by atoms with van der Waals surface area (Å²) in [6.07, 6.45) is 5.95. The molecule has 0 bridgehead atoms. The number of anilines is 2. The molecule has 1 saturated heterocycles. The first kappa shape index (κ1) is 49.4. The van der Waals surface area contributed by atoms with Crippen LogP contribution in [-0.2, 0) is 46.2 Å². The van der Waals surface area contributed by atoms with Crippen molar-refractivity contribution in [2.45, 2.75) is 45.7 Å². The quantitative estimate of drug-likeness (QED) is 0.0710. The van der Waals surface area contributed by atoms with Crippen LogP contribution in [0.25, 0.3) is 22.3 Å². The van der Waals surface area contributed by atoms with Gasteiger partial charge in [0.2, 0.25) is 11.9 Å². The maximum atomic E-state index is 15.6. The molecule has 22 heteroatoms. The third-order valence-corrected chi connectivity index (χ3v) is 10.8. The number of nitriles is 1. The lowest BCUT2D eigenvalue weighted by Gasteiger charge is -2.34. The van der Waals surface area contributed by atoms with Gasteiger partial charge >= 0.3 is 5.97 Å². The van der Waals surface area contributed by atoms with Crippen LogP contribution >= 0.6 is 11.6 Å². The van der Waals surface area contributed by atoms with Crippen molar-refractivity contribution in [3.05, 3.63) is 82.0 Å². The van der Waals surface area contributed by atoms with Gasteiger partial charge in [-0.15, -0.1) is 5.10 Å². The number of carbonyl (C=O) groups excluding carboxylic acids is 1. The summed E-state index contributed by atoms with van der Waals surface area (Å²) in [5, 5.41) is 29.5. The highest BCUT2D eigenvalue weighted by Crippen LogP contribution is 2.36. The van der Waals surface area contributed by atoms with Gasteiger partial charge in [-0.3, -0.25) is 9.59 Å². The van der Waals surface area contributed by atoms with E-state index in [0.29, 0.717) is 127 Å². The molecule has 4 aromatic heterocycles. The summed E-state index contributed by atoms with van der Waals surface area (Å²) < 4.78 is 59.7. The number of pyridine rings is 2. The number of aliphatic carboxylic acids is 1. The van der Waals surface area contributed by atoms with Crippen LogP contribution in [0, 0.1) is 29.9 Å². The van der Waals surface area contributed by atoms with E-state index in [2.05, 4.69) is 35.6 Å². The molecular formula is C44H52ClF2N11O8. The first-order valence-electron chi connectivity index (χ1n) is 21.5. The molecule has 0 unspecified atom stereocenters. The molecule has 1 aliphatic heterocycles. The van der Waals surface area contributed by atoms with Gasteiger partial charge in [0.25, 0.3) is 0 Å². The van der Waals surface area contributed by atoms with Crippen molar-refractivity contribution in [2.75, 3.05) is 102 Å². The predicted octanol–water partition coefficient (Wildman–Crippen LogP) is 4.80. The Bertz CT molecular complexity index is 2430. The molecule has 1 aromatic carbocycles. The largest absolute Gasteiger partial charge is 0.481 e. The number of hydrogen-bond acceptors (Lipinski definition) is 16. The molecule has 1 aliphatic rings. The second kappa shape index (κ2) is 25.0. The highest BCUT2D eigenvalue weighted by atomic mass is 35.5. The van der Waals surface area contributed by atoms with E-state index in [9.17, 15) is 19.2 Å². The Kier molecular flexibility index (Phi) is 18.7. The third-order valence-electron chi connectivity index (χ3n) is 10.4. The van der Waals surface area contributed by atoms with Crippen LogP contribution in [0.3, 0.4) is 0 Å². The van der Waals surface area contributed by atoms with Gasteiger partial charge in [-0.1, -0.05) is 16.8 Å². The number of hydrogen-bond donors (Lipinski definition) is 2.